The Morgan fingerprint density at radius 1 is 1.33 bits per heavy atom. The van der Waals surface area contributed by atoms with Crippen LogP contribution >= 0.6 is 0 Å². The zero-order valence-corrected chi connectivity index (χ0v) is 16.0. The van der Waals surface area contributed by atoms with E-state index >= 15 is 0 Å². The molecule has 1 aromatic carbocycles. The molecule has 8 nitrogen and oxygen atoms in total. The number of fused-ring (bicyclic) bond motifs is 2. The molecule has 0 spiro atoms. The molecule has 1 aromatic rings. The van der Waals surface area contributed by atoms with Crippen molar-refractivity contribution in [2.75, 3.05) is 38.7 Å². The van der Waals surface area contributed by atoms with Gasteiger partial charge in [-0.1, -0.05) is 18.0 Å². The summed E-state index contributed by atoms with van der Waals surface area (Å²) in [4.78, 5) is 35.1. The maximum absolute atomic E-state index is 13.0. The number of imide groups is 1. The topological polar surface area (TPSA) is 68.5 Å². The summed E-state index contributed by atoms with van der Waals surface area (Å²) >= 11 is 0. The molecule has 3 amide bonds. The van der Waals surface area contributed by atoms with Gasteiger partial charge in [0.15, 0.2) is 0 Å². The van der Waals surface area contributed by atoms with E-state index in [0.717, 1.165) is 24.5 Å². The summed E-state index contributed by atoms with van der Waals surface area (Å²) in [7, 11) is 3.32. The van der Waals surface area contributed by atoms with Crippen LogP contribution in [0, 0.1) is 5.92 Å². The van der Waals surface area contributed by atoms with Crippen LogP contribution in [0.15, 0.2) is 29.3 Å². The molecule has 142 valence electrons. The minimum Gasteiger partial charge on any atom is -0.497 e. The van der Waals surface area contributed by atoms with Gasteiger partial charge in [-0.05, 0) is 19.1 Å². The molecule has 27 heavy (non-hydrogen) atoms. The molecule has 0 N–H and O–H groups in total. The molecule has 0 bridgehead atoms. The Balaban J connectivity index is 1.80. The summed E-state index contributed by atoms with van der Waals surface area (Å²) in [5.41, 5.74) is 0.956. The van der Waals surface area contributed by atoms with Crippen molar-refractivity contribution >= 4 is 29.4 Å². The molecular weight excluding hydrogens is 346 g/mol. The first-order valence-corrected chi connectivity index (χ1v) is 9.19. The third-order valence-electron chi connectivity index (χ3n) is 5.31. The van der Waals surface area contributed by atoms with Crippen molar-refractivity contribution in [2.24, 2.45) is 10.9 Å². The quantitative estimate of drug-likeness (QED) is 0.750. The van der Waals surface area contributed by atoms with Crippen LogP contribution in [0.5, 0.6) is 5.75 Å². The molecule has 0 aromatic heterocycles. The van der Waals surface area contributed by atoms with E-state index in [1.54, 1.807) is 14.2 Å². The average Bonchev–Trinajstić information content (AvgIpc) is 3.05. The van der Waals surface area contributed by atoms with Crippen molar-refractivity contribution in [3.8, 4) is 5.75 Å². The van der Waals surface area contributed by atoms with Gasteiger partial charge in [0, 0.05) is 25.6 Å². The second kappa shape index (κ2) is 6.37. The average molecular weight is 370 g/mol. The summed E-state index contributed by atoms with van der Waals surface area (Å²) in [6.45, 7) is 5.82. The summed E-state index contributed by atoms with van der Waals surface area (Å²) < 4.78 is 7.38. The Morgan fingerprint density at radius 3 is 2.81 bits per heavy atom. The minimum atomic E-state index is -0.543. The van der Waals surface area contributed by atoms with Crippen LogP contribution in [-0.4, -0.2) is 77.9 Å². The van der Waals surface area contributed by atoms with E-state index in [1.807, 2.05) is 35.8 Å². The van der Waals surface area contributed by atoms with E-state index in [0.29, 0.717) is 24.3 Å². The normalized spacial score (nSPS) is 24.9. The molecule has 3 aliphatic rings. The number of anilines is 1. The minimum absolute atomic E-state index is 0.200. The number of carbonyl (C=O) groups excluding carboxylic acids is 2. The highest BCUT2D eigenvalue weighted by Gasteiger charge is 2.54. The van der Waals surface area contributed by atoms with Gasteiger partial charge in [-0.25, -0.2) is 14.3 Å². The molecule has 1 fully saturated rings. The Labute approximate surface area is 158 Å². The zero-order chi connectivity index (χ0) is 19.3. The number of aliphatic imine (C=N–C) groups is 1. The number of ether oxygens (including phenoxy) is 1. The number of nitrogens with zero attached hydrogens (tertiary/aromatic N) is 5. The van der Waals surface area contributed by atoms with Gasteiger partial charge >= 0.3 is 12.0 Å². The van der Waals surface area contributed by atoms with Gasteiger partial charge in [0.25, 0.3) is 5.91 Å². The number of carbonyl (C=O) groups is 2. The van der Waals surface area contributed by atoms with Crippen LogP contribution in [-0.2, 0) is 4.79 Å². The van der Waals surface area contributed by atoms with Crippen molar-refractivity contribution in [1.82, 2.24) is 9.80 Å². The van der Waals surface area contributed by atoms with Gasteiger partial charge in [0.1, 0.15) is 11.4 Å². The van der Waals surface area contributed by atoms with Gasteiger partial charge in [0.2, 0.25) is 11.9 Å². The molecule has 3 heterocycles. The first-order chi connectivity index (χ1) is 13.0. The molecule has 0 aliphatic carbocycles. The third kappa shape index (κ3) is 2.58. The zero-order valence-electron chi connectivity index (χ0n) is 16.0. The van der Waals surface area contributed by atoms with Crippen LogP contribution in [0.25, 0.3) is 0 Å². The number of likely N-dealkylation sites (N-methyl/N-ethyl adjacent to an activating group) is 2. The van der Waals surface area contributed by atoms with E-state index in [2.05, 4.69) is 11.8 Å². The van der Waals surface area contributed by atoms with E-state index in [1.165, 1.54) is 9.80 Å². The summed E-state index contributed by atoms with van der Waals surface area (Å²) in [5.74, 6) is 2.12. The van der Waals surface area contributed by atoms with E-state index in [-0.39, 0.29) is 11.9 Å². The monoisotopic (exact) mass is 370 g/mol. The smallest absolute Gasteiger partial charge is 0.397 e. The number of methoxy groups -OCH3 is 1. The second-order valence-corrected chi connectivity index (χ2v) is 7.17. The Morgan fingerprint density at radius 2 is 2.11 bits per heavy atom. The number of guanidine groups is 1. The first-order valence-electron chi connectivity index (χ1n) is 9.19. The fourth-order valence-electron chi connectivity index (χ4n) is 3.99. The number of amidine groups is 1. The first kappa shape index (κ1) is 17.5. The third-order valence-corrected chi connectivity index (χ3v) is 5.31. The van der Waals surface area contributed by atoms with Crippen molar-refractivity contribution in [2.45, 2.75) is 19.9 Å². The van der Waals surface area contributed by atoms with Gasteiger partial charge in [0.05, 0.1) is 20.2 Å². The van der Waals surface area contributed by atoms with Crippen LogP contribution in [0.4, 0.5) is 10.5 Å². The number of urea groups is 1. The predicted molar refractivity (Wildman–Crippen MR) is 101 cm³/mol. The molecule has 4 rings (SSSR count). The van der Waals surface area contributed by atoms with Crippen molar-refractivity contribution in [3.05, 3.63) is 24.3 Å². The van der Waals surface area contributed by atoms with E-state index in [9.17, 15) is 9.59 Å². The van der Waals surface area contributed by atoms with Gasteiger partial charge in [-0.3, -0.25) is 14.6 Å². The highest BCUT2D eigenvalue weighted by molar-refractivity contribution is 6.24. The number of rotatable bonds is 3. The van der Waals surface area contributed by atoms with Crippen LogP contribution < -0.4 is 9.64 Å². The van der Waals surface area contributed by atoms with Crippen LogP contribution in [0.2, 0.25) is 0 Å². The van der Waals surface area contributed by atoms with E-state index in [4.69, 9.17) is 9.73 Å². The Bertz CT molecular complexity index is 878. The van der Waals surface area contributed by atoms with Gasteiger partial charge in [-0.15, -0.1) is 0 Å². The Hall–Kier alpha value is -2.90. The second-order valence-electron chi connectivity index (χ2n) is 7.17. The largest absolute Gasteiger partial charge is 0.497 e. The van der Waals surface area contributed by atoms with Crippen molar-refractivity contribution in [1.29, 1.82) is 0 Å². The number of hydrogen-bond donors (Lipinski definition) is 0. The summed E-state index contributed by atoms with van der Waals surface area (Å²) in [5, 5.41) is 0. The molecular formula is C19H24N5O3+. The maximum Gasteiger partial charge on any atom is 0.397 e. The van der Waals surface area contributed by atoms with Crippen LogP contribution in [0.1, 0.15) is 13.8 Å². The SMILES string of the molecule is CCN1C(=O)C2C(=NC3=[N+]2CC(C)CN3c2cccc(OC)c2)N(C)C1=O. The highest BCUT2D eigenvalue weighted by atomic mass is 16.5. The van der Waals surface area contributed by atoms with Gasteiger partial charge < -0.3 is 4.74 Å². The van der Waals surface area contributed by atoms with E-state index < -0.39 is 6.04 Å². The number of benzene rings is 1. The van der Waals surface area contributed by atoms with Crippen molar-refractivity contribution < 1.29 is 18.9 Å². The number of hydrogen-bond acceptors (Lipinski definition) is 5. The predicted octanol–water partition coefficient (Wildman–Crippen LogP) is 1.21. The maximum atomic E-state index is 13.0. The highest BCUT2D eigenvalue weighted by Crippen LogP contribution is 2.29. The summed E-state index contributed by atoms with van der Waals surface area (Å²) in [6.07, 6.45) is 0. The lowest BCUT2D eigenvalue weighted by atomic mass is 10.1. The lowest BCUT2D eigenvalue weighted by Crippen LogP contribution is -2.63. The Kier molecular flexibility index (Phi) is 4.13. The van der Waals surface area contributed by atoms with Crippen LogP contribution in [0.3, 0.4) is 0 Å². The molecule has 8 heteroatoms. The lowest BCUT2D eigenvalue weighted by molar-refractivity contribution is -0.545. The molecule has 2 atom stereocenters. The number of amides is 3. The van der Waals surface area contributed by atoms with Crippen molar-refractivity contribution in [3.63, 3.8) is 0 Å². The lowest BCUT2D eigenvalue weighted by Gasteiger charge is -2.35. The summed E-state index contributed by atoms with van der Waals surface area (Å²) in [6, 6.07) is 6.93. The fraction of sp³-hybridized carbons (Fsp3) is 0.474. The molecule has 0 radical (unpaired) electrons. The standard InChI is InChI=1S/C19H24N5O3/c1-5-22-17(25)15-16(21(3)19(22)26)20-18-23(10-12(2)11-24(15)18)13-7-6-8-14(9-13)27-4/h6-9,12,15H,5,10-11H2,1-4H3/q+1. The molecule has 1 saturated heterocycles. The molecule has 3 aliphatic heterocycles. The molecule has 0 saturated carbocycles. The molecule has 2 unspecified atom stereocenters. The fourth-order valence-corrected chi connectivity index (χ4v) is 3.99. The van der Waals surface area contributed by atoms with Gasteiger partial charge in [-0.2, -0.15) is 0 Å².